The number of carbonyl (C=O) groups excluding carboxylic acids is 1. The van der Waals surface area contributed by atoms with Crippen LogP contribution in [-0.2, 0) is 4.79 Å². The molecule has 0 N–H and O–H groups in total. The molecule has 0 aliphatic carbocycles. The van der Waals surface area contributed by atoms with Crippen LogP contribution in [-0.4, -0.2) is 5.24 Å². The van der Waals surface area contributed by atoms with Crippen molar-refractivity contribution < 1.29 is 4.79 Å². The lowest BCUT2D eigenvalue weighted by Gasteiger charge is -2.05. The largest absolute Gasteiger partial charge is 0.281 e. The fourth-order valence-electron chi connectivity index (χ4n) is 0.961. The number of unbranched alkanes of at least 4 members (excludes halogenated alkanes) is 1. The van der Waals surface area contributed by atoms with Gasteiger partial charge in [-0.1, -0.05) is 33.1 Å². The third-order valence-corrected chi connectivity index (χ3v) is 2.21. The second-order valence-corrected chi connectivity index (χ2v) is 3.54. The Labute approximate surface area is 74.1 Å². The molecule has 0 bridgehead atoms. The second kappa shape index (κ2) is 6.66. The van der Waals surface area contributed by atoms with Gasteiger partial charge in [0.15, 0.2) is 0 Å². The molecular formula is C9H17ClO. The smallest absolute Gasteiger partial charge is 0.221 e. The molecule has 0 aliphatic heterocycles. The van der Waals surface area contributed by atoms with Crippen LogP contribution in [0, 0.1) is 5.92 Å². The van der Waals surface area contributed by atoms with Crippen LogP contribution in [0.4, 0.5) is 0 Å². The lowest BCUT2D eigenvalue weighted by atomic mass is 10.0. The fraction of sp³-hybridized carbons (Fsp3) is 0.889. The molecule has 0 heterocycles. The maximum Gasteiger partial charge on any atom is 0.221 e. The van der Waals surface area contributed by atoms with Crippen LogP contribution in [0.5, 0.6) is 0 Å². The lowest BCUT2D eigenvalue weighted by molar-refractivity contribution is -0.111. The van der Waals surface area contributed by atoms with Gasteiger partial charge in [0.05, 0.1) is 0 Å². The molecule has 0 aromatic carbocycles. The number of hydrogen-bond acceptors (Lipinski definition) is 1. The zero-order valence-electron chi connectivity index (χ0n) is 7.40. The summed E-state index contributed by atoms with van der Waals surface area (Å²) < 4.78 is 0. The Morgan fingerprint density at radius 2 is 2.09 bits per heavy atom. The summed E-state index contributed by atoms with van der Waals surface area (Å²) in [4.78, 5) is 10.3. The average molecular weight is 177 g/mol. The molecule has 0 radical (unpaired) electrons. The van der Waals surface area contributed by atoms with Crippen molar-refractivity contribution in [2.24, 2.45) is 5.92 Å². The molecule has 11 heavy (non-hydrogen) atoms. The summed E-state index contributed by atoms with van der Waals surface area (Å²) in [6.07, 6.45) is 5.08. The summed E-state index contributed by atoms with van der Waals surface area (Å²) in [7, 11) is 0. The van der Waals surface area contributed by atoms with Gasteiger partial charge in [-0.2, -0.15) is 0 Å². The molecule has 0 saturated carbocycles. The minimum atomic E-state index is -0.200. The van der Waals surface area contributed by atoms with Gasteiger partial charge in [0.25, 0.3) is 0 Å². The molecule has 1 atom stereocenters. The minimum absolute atomic E-state index is 0.200. The van der Waals surface area contributed by atoms with Crippen molar-refractivity contribution in [3.05, 3.63) is 0 Å². The molecule has 0 spiro atoms. The molecule has 0 saturated heterocycles. The maximum atomic E-state index is 10.3. The molecule has 0 rings (SSSR count). The third-order valence-electron chi connectivity index (χ3n) is 2.02. The van der Waals surface area contributed by atoms with E-state index in [4.69, 9.17) is 11.6 Å². The van der Waals surface area contributed by atoms with Crippen molar-refractivity contribution in [2.45, 2.75) is 46.0 Å². The average Bonchev–Trinajstić information content (AvgIpc) is 1.97. The van der Waals surface area contributed by atoms with Crippen molar-refractivity contribution in [3.8, 4) is 0 Å². The van der Waals surface area contributed by atoms with E-state index in [1.807, 2.05) is 0 Å². The van der Waals surface area contributed by atoms with Crippen molar-refractivity contribution in [3.63, 3.8) is 0 Å². The maximum absolute atomic E-state index is 10.3. The Hall–Kier alpha value is -0.0400. The molecule has 0 amide bonds. The van der Waals surface area contributed by atoms with Gasteiger partial charge < -0.3 is 0 Å². The first-order chi connectivity index (χ1) is 5.16. The van der Waals surface area contributed by atoms with Crippen molar-refractivity contribution in [1.29, 1.82) is 0 Å². The Morgan fingerprint density at radius 3 is 2.55 bits per heavy atom. The molecular weight excluding hydrogens is 160 g/mol. The van der Waals surface area contributed by atoms with E-state index in [1.165, 1.54) is 12.8 Å². The summed E-state index contributed by atoms with van der Waals surface area (Å²) in [5, 5.41) is -0.200. The highest BCUT2D eigenvalue weighted by Gasteiger charge is 1.99. The molecule has 0 aromatic heterocycles. The predicted octanol–water partition coefficient (Wildman–Crippen LogP) is 3.36. The van der Waals surface area contributed by atoms with Gasteiger partial charge in [-0.15, -0.1) is 0 Å². The van der Waals surface area contributed by atoms with Gasteiger partial charge in [-0.05, 0) is 23.9 Å². The third kappa shape index (κ3) is 7.86. The van der Waals surface area contributed by atoms with Crippen LogP contribution in [0.1, 0.15) is 46.0 Å². The fourth-order valence-corrected chi connectivity index (χ4v) is 1.09. The Morgan fingerprint density at radius 1 is 1.45 bits per heavy atom. The first-order valence-corrected chi connectivity index (χ1v) is 4.73. The summed E-state index contributed by atoms with van der Waals surface area (Å²) in [6.45, 7) is 4.43. The highest BCUT2D eigenvalue weighted by Crippen LogP contribution is 2.12. The molecule has 0 aliphatic rings. The zero-order valence-corrected chi connectivity index (χ0v) is 8.16. The van der Waals surface area contributed by atoms with Gasteiger partial charge in [0.1, 0.15) is 0 Å². The highest BCUT2D eigenvalue weighted by atomic mass is 35.5. The van der Waals surface area contributed by atoms with Gasteiger partial charge in [-0.25, -0.2) is 0 Å². The molecule has 1 nitrogen and oxygen atoms in total. The molecule has 0 unspecified atom stereocenters. The normalized spacial score (nSPS) is 13.0. The standard InChI is InChI=1S/C9H17ClO/c1-3-8(2)6-4-5-7-9(10)11/h8H,3-7H2,1-2H3/t8-/m1/s1. The quantitative estimate of drug-likeness (QED) is 0.448. The Bertz CT molecular complexity index is 112. The van der Waals surface area contributed by atoms with Crippen LogP contribution in [0.2, 0.25) is 0 Å². The van der Waals surface area contributed by atoms with Gasteiger partial charge in [0, 0.05) is 6.42 Å². The summed E-state index contributed by atoms with van der Waals surface area (Å²) in [6, 6.07) is 0. The summed E-state index contributed by atoms with van der Waals surface area (Å²) in [5.41, 5.74) is 0. The molecule has 0 aromatic rings. The van der Waals surface area contributed by atoms with Crippen LogP contribution < -0.4 is 0 Å². The molecule has 66 valence electrons. The second-order valence-electron chi connectivity index (χ2n) is 3.11. The van der Waals surface area contributed by atoms with E-state index in [-0.39, 0.29) is 5.24 Å². The van der Waals surface area contributed by atoms with Crippen LogP contribution >= 0.6 is 11.6 Å². The molecule has 0 fully saturated rings. The summed E-state index contributed by atoms with van der Waals surface area (Å²) in [5.74, 6) is 0.792. The zero-order chi connectivity index (χ0) is 8.69. The van der Waals surface area contributed by atoms with E-state index >= 15 is 0 Å². The first-order valence-electron chi connectivity index (χ1n) is 4.35. The molecule has 2 heteroatoms. The highest BCUT2D eigenvalue weighted by molar-refractivity contribution is 6.63. The number of carbonyl (C=O) groups is 1. The Kier molecular flexibility index (Phi) is 6.63. The van der Waals surface area contributed by atoms with Crippen LogP contribution in [0.3, 0.4) is 0 Å². The SMILES string of the molecule is CC[C@@H](C)CCCCC(=O)Cl. The predicted molar refractivity (Wildman–Crippen MR) is 48.8 cm³/mol. The van der Waals surface area contributed by atoms with Crippen molar-refractivity contribution >= 4 is 16.8 Å². The number of rotatable bonds is 6. The first kappa shape index (κ1) is 11.0. The number of hydrogen-bond donors (Lipinski definition) is 0. The summed E-state index contributed by atoms with van der Waals surface area (Å²) >= 11 is 5.19. The van der Waals surface area contributed by atoms with E-state index in [0.29, 0.717) is 6.42 Å². The number of halogens is 1. The van der Waals surface area contributed by atoms with Gasteiger partial charge in [0.2, 0.25) is 5.24 Å². The Balaban J connectivity index is 3.08. The van der Waals surface area contributed by atoms with Crippen molar-refractivity contribution in [1.82, 2.24) is 0 Å². The van der Waals surface area contributed by atoms with Crippen molar-refractivity contribution in [2.75, 3.05) is 0 Å². The van der Waals surface area contributed by atoms with E-state index in [0.717, 1.165) is 18.8 Å². The van der Waals surface area contributed by atoms with E-state index in [1.54, 1.807) is 0 Å². The minimum Gasteiger partial charge on any atom is -0.281 e. The van der Waals surface area contributed by atoms with Gasteiger partial charge >= 0.3 is 0 Å². The van der Waals surface area contributed by atoms with Crippen LogP contribution in [0.15, 0.2) is 0 Å². The van der Waals surface area contributed by atoms with E-state index < -0.39 is 0 Å². The topological polar surface area (TPSA) is 17.1 Å². The monoisotopic (exact) mass is 176 g/mol. The lowest BCUT2D eigenvalue weighted by Crippen LogP contribution is -1.93. The van der Waals surface area contributed by atoms with Crippen LogP contribution in [0.25, 0.3) is 0 Å². The van der Waals surface area contributed by atoms with E-state index in [2.05, 4.69) is 13.8 Å². The van der Waals surface area contributed by atoms with Gasteiger partial charge in [-0.3, -0.25) is 4.79 Å². The van der Waals surface area contributed by atoms with E-state index in [9.17, 15) is 4.79 Å².